The molecule has 0 rings (SSSR count). The number of rotatable bonds is 0. The fraction of sp³-hybridized carbons (Fsp3) is 0. The van der Waals surface area contributed by atoms with Gasteiger partial charge in [-0.05, 0) is 0 Å². The van der Waals surface area contributed by atoms with Crippen LogP contribution >= 0.6 is 0 Å². The third-order valence-electron chi connectivity index (χ3n) is 0.183. The molecule has 0 aromatic heterocycles. The molecule has 0 saturated carbocycles. The maximum absolute atomic E-state index is 9.10. The smallest absolute Gasteiger partial charge is 0.473 e. The Morgan fingerprint density at radius 3 is 1.12 bits per heavy atom. The summed E-state index contributed by atoms with van der Waals surface area (Å²) in [6.45, 7) is 0. The second kappa shape index (κ2) is 8.29. The van der Waals surface area contributed by atoms with Crippen LogP contribution in [0.15, 0.2) is 0 Å². The van der Waals surface area contributed by atoms with Crippen LogP contribution in [0.4, 0.5) is 0 Å². The Morgan fingerprint density at radius 2 is 1.12 bits per heavy atom. The van der Waals surface area contributed by atoms with Crippen LogP contribution < -0.4 is 51.4 Å². The third kappa shape index (κ3) is 10.3. The average molecular weight is 177 g/mol. The normalized spacial score (nSPS) is 5.50. The first kappa shape index (κ1) is 16.1. The van der Waals surface area contributed by atoms with Gasteiger partial charge in [0.1, 0.15) is 0 Å². The molecule has 34 valence electrons. The van der Waals surface area contributed by atoms with Crippen molar-refractivity contribution < 1.29 is 92.9 Å². The molecule has 6 heteroatoms. The molecule has 0 spiro atoms. The molecule has 0 bridgehead atoms. The van der Waals surface area contributed by atoms with Gasteiger partial charge in [-0.15, -0.1) is 0 Å². The zero-order valence-electron chi connectivity index (χ0n) is 4.21. The standard InChI is InChI=1S/C2H2O4.K.Ti/c3-1(4)2(5)6;;/h(H,3,4)(H,5,6);;/q;+1;+4. The van der Waals surface area contributed by atoms with E-state index in [1.807, 2.05) is 0 Å². The Bertz CT molecular complexity index is 80.0. The Labute approximate surface area is 103 Å². The Balaban J connectivity index is -0.000000125. The molecular formula is C2H2KO4Ti+5. The van der Waals surface area contributed by atoms with E-state index in [2.05, 4.69) is 0 Å². The molecule has 0 radical (unpaired) electrons. The molecule has 0 aromatic rings. The first-order chi connectivity index (χ1) is 2.64. The van der Waals surface area contributed by atoms with E-state index in [1.54, 1.807) is 0 Å². The van der Waals surface area contributed by atoms with Crippen LogP contribution in [0.25, 0.3) is 0 Å². The predicted molar refractivity (Wildman–Crippen MR) is 15.3 cm³/mol. The second-order valence-electron chi connectivity index (χ2n) is 0.610. The largest absolute Gasteiger partial charge is 4.00 e. The molecular weight excluding hydrogens is 175 g/mol. The summed E-state index contributed by atoms with van der Waals surface area (Å²) in [7, 11) is 0. The van der Waals surface area contributed by atoms with E-state index in [0.29, 0.717) is 0 Å². The van der Waals surface area contributed by atoms with E-state index < -0.39 is 11.9 Å². The number of carbonyl (C=O) groups is 2. The minimum absolute atomic E-state index is 0. The molecule has 0 aromatic carbocycles. The van der Waals surface area contributed by atoms with Crippen molar-refractivity contribution in [2.24, 2.45) is 0 Å². The first-order valence-electron chi connectivity index (χ1n) is 1.11. The minimum Gasteiger partial charge on any atom is -0.473 e. The van der Waals surface area contributed by atoms with Crippen LogP contribution in [0.1, 0.15) is 0 Å². The molecule has 0 fully saturated rings. The van der Waals surface area contributed by atoms with Gasteiger partial charge >= 0.3 is 85.0 Å². The summed E-state index contributed by atoms with van der Waals surface area (Å²) >= 11 is 0. The minimum atomic E-state index is -1.82. The molecule has 0 saturated heterocycles. The summed E-state index contributed by atoms with van der Waals surface area (Å²) < 4.78 is 0. The van der Waals surface area contributed by atoms with Crippen molar-refractivity contribution >= 4 is 11.9 Å². The molecule has 0 aliphatic rings. The molecule has 0 aliphatic carbocycles. The van der Waals surface area contributed by atoms with Crippen molar-refractivity contribution in [2.75, 3.05) is 0 Å². The molecule has 8 heavy (non-hydrogen) atoms. The number of carboxylic acids is 2. The topological polar surface area (TPSA) is 74.6 Å². The summed E-state index contributed by atoms with van der Waals surface area (Å²) in [6.07, 6.45) is 0. The SMILES string of the molecule is O=C(O)C(=O)O.[K+].[Ti+4]. The van der Waals surface area contributed by atoms with Crippen LogP contribution in [0.5, 0.6) is 0 Å². The van der Waals surface area contributed by atoms with E-state index in [-0.39, 0.29) is 73.1 Å². The van der Waals surface area contributed by atoms with Gasteiger partial charge in [0, 0.05) is 0 Å². The van der Waals surface area contributed by atoms with Crippen LogP contribution in [0.2, 0.25) is 0 Å². The van der Waals surface area contributed by atoms with Crippen molar-refractivity contribution in [1.82, 2.24) is 0 Å². The van der Waals surface area contributed by atoms with E-state index in [1.165, 1.54) is 0 Å². The van der Waals surface area contributed by atoms with Crippen molar-refractivity contribution in [3.63, 3.8) is 0 Å². The van der Waals surface area contributed by atoms with Gasteiger partial charge in [0.05, 0.1) is 0 Å². The molecule has 0 atom stereocenters. The van der Waals surface area contributed by atoms with Gasteiger partial charge < -0.3 is 10.2 Å². The van der Waals surface area contributed by atoms with Crippen molar-refractivity contribution in [1.29, 1.82) is 0 Å². The summed E-state index contributed by atoms with van der Waals surface area (Å²) in [5, 5.41) is 14.8. The number of hydrogen-bond donors (Lipinski definition) is 2. The van der Waals surface area contributed by atoms with Gasteiger partial charge in [-0.3, -0.25) is 0 Å². The molecule has 0 amide bonds. The quantitative estimate of drug-likeness (QED) is 0.293. The summed E-state index contributed by atoms with van der Waals surface area (Å²) in [5.41, 5.74) is 0. The van der Waals surface area contributed by atoms with Gasteiger partial charge in [-0.1, -0.05) is 0 Å². The van der Waals surface area contributed by atoms with Crippen LogP contribution in [-0.4, -0.2) is 22.2 Å². The van der Waals surface area contributed by atoms with Gasteiger partial charge in [-0.2, -0.15) is 0 Å². The zero-order valence-corrected chi connectivity index (χ0v) is 8.90. The van der Waals surface area contributed by atoms with Gasteiger partial charge in [0.25, 0.3) is 0 Å². The summed E-state index contributed by atoms with van der Waals surface area (Å²) in [4.78, 5) is 18.2. The summed E-state index contributed by atoms with van der Waals surface area (Å²) in [6, 6.07) is 0. The van der Waals surface area contributed by atoms with Crippen molar-refractivity contribution in [3.8, 4) is 0 Å². The van der Waals surface area contributed by atoms with Gasteiger partial charge in [0.15, 0.2) is 0 Å². The third-order valence-corrected chi connectivity index (χ3v) is 0.183. The fourth-order valence-electron chi connectivity index (χ4n) is 0. The monoisotopic (exact) mass is 177 g/mol. The summed E-state index contributed by atoms with van der Waals surface area (Å²) in [5.74, 6) is -3.65. The van der Waals surface area contributed by atoms with E-state index in [4.69, 9.17) is 19.8 Å². The molecule has 0 unspecified atom stereocenters. The zero-order chi connectivity index (χ0) is 5.15. The molecule has 0 heterocycles. The van der Waals surface area contributed by atoms with Crippen LogP contribution in [-0.2, 0) is 31.3 Å². The maximum atomic E-state index is 9.10. The number of aliphatic carboxylic acids is 2. The van der Waals surface area contributed by atoms with Crippen LogP contribution in [0.3, 0.4) is 0 Å². The molecule has 4 nitrogen and oxygen atoms in total. The fourth-order valence-corrected chi connectivity index (χ4v) is 0. The molecule has 2 N–H and O–H groups in total. The Kier molecular flexibility index (Phi) is 16.7. The molecule has 0 aliphatic heterocycles. The van der Waals surface area contributed by atoms with Crippen molar-refractivity contribution in [3.05, 3.63) is 0 Å². The van der Waals surface area contributed by atoms with Crippen molar-refractivity contribution in [2.45, 2.75) is 0 Å². The second-order valence-corrected chi connectivity index (χ2v) is 0.610. The average Bonchev–Trinajstić information content (AvgIpc) is 1.36. The van der Waals surface area contributed by atoms with Gasteiger partial charge in [0.2, 0.25) is 0 Å². The van der Waals surface area contributed by atoms with Gasteiger partial charge in [-0.25, -0.2) is 9.59 Å². The Hall–Kier alpha value is 1.29. The van der Waals surface area contributed by atoms with E-state index in [9.17, 15) is 0 Å². The van der Waals surface area contributed by atoms with Crippen LogP contribution in [0, 0.1) is 0 Å². The Morgan fingerprint density at radius 1 is 1.00 bits per heavy atom. The predicted octanol–water partition coefficient (Wildman–Crippen LogP) is -3.84. The van der Waals surface area contributed by atoms with E-state index in [0.717, 1.165) is 0 Å². The number of carboxylic acid groups (broad SMARTS) is 2. The number of hydrogen-bond acceptors (Lipinski definition) is 2. The first-order valence-corrected chi connectivity index (χ1v) is 1.11. The maximum Gasteiger partial charge on any atom is 4.00 e. The van der Waals surface area contributed by atoms with E-state index >= 15 is 0 Å².